The number of anilines is 2. The van der Waals surface area contributed by atoms with Crippen molar-refractivity contribution in [3.05, 3.63) is 5.69 Å². The molecule has 0 radical (unpaired) electrons. The van der Waals surface area contributed by atoms with E-state index in [-0.39, 0.29) is 0 Å². The molecule has 0 spiro atoms. The molecular weight excluding hydrogens is 212 g/mol. The minimum atomic E-state index is 0.420. The Bertz CT molecular complexity index is 388. The Morgan fingerprint density at radius 1 is 1.35 bits per heavy atom. The monoisotopic (exact) mass is 236 g/mol. The average molecular weight is 236 g/mol. The topological polar surface area (TPSA) is 55.9 Å². The van der Waals surface area contributed by atoms with E-state index in [0.717, 1.165) is 23.7 Å². The maximum absolute atomic E-state index is 6.02. The van der Waals surface area contributed by atoms with Crippen LogP contribution in [0.5, 0.6) is 0 Å². The molecule has 1 saturated carbocycles. The number of aryl methyl sites for hydroxylation is 2. The maximum atomic E-state index is 6.02. The van der Waals surface area contributed by atoms with Crippen LogP contribution in [0, 0.1) is 12.3 Å². The summed E-state index contributed by atoms with van der Waals surface area (Å²) in [5, 5.41) is 7.81. The van der Waals surface area contributed by atoms with Crippen molar-refractivity contribution in [2.75, 3.05) is 17.6 Å². The number of aromatic nitrogens is 2. The van der Waals surface area contributed by atoms with E-state index in [1.807, 2.05) is 18.7 Å². The van der Waals surface area contributed by atoms with Gasteiger partial charge in [-0.05, 0) is 25.2 Å². The Hall–Kier alpha value is -1.19. The van der Waals surface area contributed by atoms with Gasteiger partial charge in [-0.25, -0.2) is 0 Å². The van der Waals surface area contributed by atoms with Crippen molar-refractivity contribution in [3.8, 4) is 0 Å². The first kappa shape index (κ1) is 12.3. The van der Waals surface area contributed by atoms with Gasteiger partial charge in [0.2, 0.25) is 0 Å². The van der Waals surface area contributed by atoms with E-state index in [1.165, 1.54) is 32.1 Å². The Morgan fingerprint density at radius 3 is 2.53 bits per heavy atom. The quantitative estimate of drug-likeness (QED) is 0.848. The number of rotatable bonds is 3. The molecule has 0 amide bonds. The fourth-order valence-corrected chi connectivity index (χ4v) is 2.76. The summed E-state index contributed by atoms with van der Waals surface area (Å²) < 4.78 is 1.84. The lowest BCUT2D eigenvalue weighted by Crippen LogP contribution is -2.29. The number of nitrogen functional groups attached to an aromatic ring is 1. The average Bonchev–Trinajstić information content (AvgIpc) is 2.52. The summed E-state index contributed by atoms with van der Waals surface area (Å²) in [5.41, 5.74) is 8.13. The molecule has 0 atom stereocenters. The molecule has 1 aliphatic carbocycles. The predicted octanol–water partition coefficient (Wildman–Crippen LogP) is 2.69. The standard InChI is InChI=1S/C13H24N4/c1-10-11(14)12(17(3)16-10)15-9-13(2)7-5-4-6-8-13/h15H,4-9,14H2,1-3H3. The Labute approximate surface area is 104 Å². The molecule has 4 nitrogen and oxygen atoms in total. The third kappa shape index (κ3) is 2.56. The Balaban J connectivity index is 2.01. The van der Waals surface area contributed by atoms with Crippen molar-refractivity contribution < 1.29 is 0 Å². The molecule has 2 rings (SSSR count). The largest absolute Gasteiger partial charge is 0.394 e. The van der Waals surface area contributed by atoms with Gasteiger partial charge < -0.3 is 11.1 Å². The van der Waals surface area contributed by atoms with Gasteiger partial charge in [0.25, 0.3) is 0 Å². The molecule has 1 aliphatic rings. The fourth-order valence-electron chi connectivity index (χ4n) is 2.76. The number of nitrogens with two attached hydrogens (primary N) is 1. The zero-order chi connectivity index (χ0) is 12.5. The maximum Gasteiger partial charge on any atom is 0.147 e. The minimum absolute atomic E-state index is 0.420. The van der Waals surface area contributed by atoms with E-state index in [4.69, 9.17) is 5.73 Å². The van der Waals surface area contributed by atoms with E-state index in [2.05, 4.69) is 17.3 Å². The SMILES string of the molecule is Cc1nn(C)c(NCC2(C)CCCCC2)c1N. The lowest BCUT2D eigenvalue weighted by atomic mass is 9.76. The molecular formula is C13H24N4. The van der Waals surface area contributed by atoms with Crippen molar-refractivity contribution >= 4 is 11.5 Å². The van der Waals surface area contributed by atoms with Crippen LogP contribution in [0.2, 0.25) is 0 Å². The number of hydrogen-bond acceptors (Lipinski definition) is 3. The van der Waals surface area contributed by atoms with Gasteiger partial charge in [0.05, 0.1) is 11.4 Å². The molecule has 0 unspecified atom stereocenters. The molecule has 4 heteroatoms. The summed E-state index contributed by atoms with van der Waals surface area (Å²) >= 11 is 0. The molecule has 17 heavy (non-hydrogen) atoms. The number of nitrogens with one attached hydrogen (secondary N) is 1. The summed E-state index contributed by atoms with van der Waals surface area (Å²) in [7, 11) is 1.94. The summed E-state index contributed by atoms with van der Waals surface area (Å²) in [6.07, 6.45) is 6.74. The lowest BCUT2D eigenvalue weighted by Gasteiger charge is -2.34. The van der Waals surface area contributed by atoms with Crippen LogP contribution in [-0.2, 0) is 7.05 Å². The van der Waals surface area contributed by atoms with Crippen LogP contribution in [0.25, 0.3) is 0 Å². The van der Waals surface area contributed by atoms with Crippen LogP contribution in [0.3, 0.4) is 0 Å². The van der Waals surface area contributed by atoms with Gasteiger partial charge in [0.1, 0.15) is 5.82 Å². The number of hydrogen-bond donors (Lipinski definition) is 2. The van der Waals surface area contributed by atoms with Crippen LogP contribution in [-0.4, -0.2) is 16.3 Å². The minimum Gasteiger partial charge on any atom is -0.394 e. The summed E-state index contributed by atoms with van der Waals surface area (Å²) in [4.78, 5) is 0. The third-order valence-electron chi connectivity index (χ3n) is 4.01. The third-order valence-corrected chi connectivity index (χ3v) is 4.01. The molecule has 1 fully saturated rings. The Morgan fingerprint density at radius 2 is 2.00 bits per heavy atom. The van der Waals surface area contributed by atoms with E-state index in [0.29, 0.717) is 5.41 Å². The molecule has 96 valence electrons. The molecule has 0 bridgehead atoms. The van der Waals surface area contributed by atoms with Crippen LogP contribution < -0.4 is 11.1 Å². The zero-order valence-corrected chi connectivity index (χ0v) is 11.2. The van der Waals surface area contributed by atoms with Gasteiger partial charge >= 0.3 is 0 Å². The van der Waals surface area contributed by atoms with E-state index < -0.39 is 0 Å². The van der Waals surface area contributed by atoms with E-state index in [9.17, 15) is 0 Å². The summed E-state index contributed by atoms with van der Waals surface area (Å²) in [5.74, 6) is 0.967. The van der Waals surface area contributed by atoms with Crippen LogP contribution in [0.15, 0.2) is 0 Å². The normalized spacial score (nSPS) is 19.2. The number of nitrogens with zero attached hydrogens (tertiary/aromatic N) is 2. The smallest absolute Gasteiger partial charge is 0.147 e. The van der Waals surface area contributed by atoms with Crippen molar-refractivity contribution in [1.82, 2.24) is 9.78 Å². The first-order chi connectivity index (χ1) is 8.02. The van der Waals surface area contributed by atoms with Gasteiger partial charge in [0.15, 0.2) is 0 Å². The molecule has 0 aromatic carbocycles. The van der Waals surface area contributed by atoms with Crippen molar-refractivity contribution in [1.29, 1.82) is 0 Å². The van der Waals surface area contributed by atoms with Crippen molar-refractivity contribution in [3.63, 3.8) is 0 Å². The highest BCUT2D eigenvalue weighted by atomic mass is 15.3. The zero-order valence-electron chi connectivity index (χ0n) is 11.2. The van der Waals surface area contributed by atoms with Gasteiger partial charge in [-0.15, -0.1) is 0 Å². The molecule has 1 aromatic rings. The van der Waals surface area contributed by atoms with Gasteiger partial charge in [0, 0.05) is 13.6 Å². The first-order valence-electron chi connectivity index (χ1n) is 6.55. The highest BCUT2D eigenvalue weighted by molar-refractivity contribution is 5.64. The van der Waals surface area contributed by atoms with E-state index in [1.54, 1.807) is 0 Å². The second-order valence-corrected chi connectivity index (χ2v) is 5.70. The molecule has 1 aromatic heterocycles. The van der Waals surface area contributed by atoms with Crippen molar-refractivity contribution in [2.24, 2.45) is 12.5 Å². The summed E-state index contributed by atoms with van der Waals surface area (Å²) in [6.45, 7) is 5.32. The highest BCUT2D eigenvalue weighted by Crippen LogP contribution is 2.36. The Kier molecular flexibility index (Phi) is 3.31. The highest BCUT2D eigenvalue weighted by Gasteiger charge is 2.27. The predicted molar refractivity (Wildman–Crippen MR) is 72.0 cm³/mol. The first-order valence-corrected chi connectivity index (χ1v) is 6.55. The van der Waals surface area contributed by atoms with Crippen LogP contribution in [0.4, 0.5) is 11.5 Å². The second kappa shape index (κ2) is 4.59. The van der Waals surface area contributed by atoms with Crippen molar-refractivity contribution in [2.45, 2.75) is 46.0 Å². The van der Waals surface area contributed by atoms with Crippen LogP contribution in [0.1, 0.15) is 44.7 Å². The van der Waals surface area contributed by atoms with Gasteiger partial charge in [-0.2, -0.15) is 5.10 Å². The molecule has 1 heterocycles. The molecule has 0 saturated heterocycles. The van der Waals surface area contributed by atoms with Gasteiger partial charge in [-0.1, -0.05) is 26.2 Å². The van der Waals surface area contributed by atoms with Gasteiger partial charge in [-0.3, -0.25) is 4.68 Å². The molecule has 0 aliphatic heterocycles. The fraction of sp³-hybridized carbons (Fsp3) is 0.769. The molecule has 3 N–H and O–H groups in total. The lowest BCUT2D eigenvalue weighted by molar-refractivity contribution is 0.233. The summed E-state index contributed by atoms with van der Waals surface area (Å²) in [6, 6.07) is 0. The van der Waals surface area contributed by atoms with E-state index >= 15 is 0 Å². The second-order valence-electron chi connectivity index (χ2n) is 5.70. The van der Waals surface area contributed by atoms with Crippen LogP contribution >= 0.6 is 0 Å².